The van der Waals surface area contributed by atoms with Crippen molar-refractivity contribution >= 4 is 21.7 Å². The first kappa shape index (κ1) is 15.7. The Labute approximate surface area is 132 Å². The van der Waals surface area contributed by atoms with Crippen LogP contribution >= 0.6 is 15.9 Å². The van der Waals surface area contributed by atoms with Crippen LogP contribution in [0.4, 0.5) is 4.39 Å². The third-order valence-corrected chi connectivity index (χ3v) is 3.64. The second kappa shape index (κ2) is 7.36. The maximum atomic E-state index is 13.1. The molecule has 0 amide bonds. The van der Waals surface area contributed by atoms with Crippen molar-refractivity contribution in [1.29, 1.82) is 0 Å². The lowest BCUT2D eigenvalue weighted by Crippen LogP contribution is -2.04. The summed E-state index contributed by atoms with van der Waals surface area (Å²) < 4.78 is 19.6. The zero-order valence-electron chi connectivity index (χ0n) is 11.7. The number of rotatable bonds is 6. The maximum Gasteiger partial charge on any atom is 0.163 e. The predicted octanol–water partition coefficient (Wildman–Crippen LogP) is 4.94. The van der Waals surface area contributed by atoms with Gasteiger partial charge < -0.3 is 4.74 Å². The molecule has 0 spiro atoms. The van der Waals surface area contributed by atoms with Crippen molar-refractivity contribution in [3.05, 3.63) is 63.9 Å². The normalized spacial score (nSPS) is 10.4. The maximum absolute atomic E-state index is 13.1. The minimum atomic E-state index is -0.243. The second-order valence-electron chi connectivity index (χ2n) is 4.79. The van der Waals surface area contributed by atoms with Crippen molar-refractivity contribution in [2.75, 3.05) is 6.61 Å². The van der Waals surface area contributed by atoms with Crippen molar-refractivity contribution in [2.45, 2.75) is 19.8 Å². The van der Waals surface area contributed by atoms with Gasteiger partial charge in [0.1, 0.15) is 11.6 Å². The SMILES string of the molecule is Cc1cc(OCCCC(=O)c2ccc(Br)cc2)ccc1F. The lowest BCUT2D eigenvalue weighted by Gasteiger charge is -2.07. The van der Waals surface area contributed by atoms with E-state index < -0.39 is 0 Å². The van der Waals surface area contributed by atoms with Crippen LogP contribution in [0.5, 0.6) is 5.75 Å². The van der Waals surface area contributed by atoms with E-state index in [9.17, 15) is 9.18 Å². The average molecular weight is 351 g/mol. The number of hydrogen-bond acceptors (Lipinski definition) is 2. The lowest BCUT2D eigenvalue weighted by atomic mass is 10.1. The minimum absolute atomic E-state index is 0.0985. The smallest absolute Gasteiger partial charge is 0.163 e. The predicted molar refractivity (Wildman–Crippen MR) is 84.3 cm³/mol. The van der Waals surface area contributed by atoms with Gasteiger partial charge in [-0.25, -0.2) is 4.39 Å². The van der Waals surface area contributed by atoms with Crippen LogP contribution in [-0.2, 0) is 0 Å². The molecule has 21 heavy (non-hydrogen) atoms. The van der Waals surface area contributed by atoms with Crippen molar-refractivity contribution in [3.8, 4) is 5.75 Å². The average Bonchev–Trinajstić information content (AvgIpc) is 2.47. The van der Waals surface area contributed by atoms with Gasteiger partial charge in [-0.1, -0.05) is 28.1 Å². The molecule has 0 N–H and O–H groups in total. The number of halogens is 2. The molecule has 2 rings (SSSR count). The highest BCUT2D eigenvalue weighted by Gasteiger charge is 2.06. The first-order chi connectivity index (χ1) is 10.1. The van der Waals surface area contributed by atoms with Gasteiger partial charge in [0, 0.05) is 16.5 Å². The molecule has 0 saturated heterocycles. The molecule has 0 heterocycles. The van der Waals surface area contributed by atoms with Gasteiger partial charge in [0.2, 0.25) is 0 Å². The van der Waals surface area contributed by atoms with Crippen LogP contribution < -0.4 is 4.74 Å². The molecule has 110 valence electrons. The summed E-state index contributed by atoms with van der Waals surface area (Å²) in [6, 6.07) is 12.0. The third kappa shape index (κ3) is 4.67. The van der Waals surface area contributed by atoms with E-state index in [0.29, 0.717) is 36.3 Å². The molecule has 0 radical (unpaired) electrons. The molecular formula is C17H16BrFO2. The largest absolute Gasteiger partial charge is 0.494 e. The summed E-state index contributed by atoms with van der Waals surface area (Å²) in [6.45, 7) is 2.13. The monoisotopic (exact) mass is 350 g/mol. The van der Waals surface area contributed by atoms with Gasteiger partial charge in [-0.15, -0.1) is 0 Å². The van der Waals surface area contributed by atoms with Gasteiger partial charge in [-0.3, -0.25) is 4.79 Å². The number of carbonyl (C=O) groups excluding carboxylic acids is 1. The molecule has 0 fully saturated rings. The lowest BCUT2D eigenvalue weighted by molar-refractivity contribution is 0.0973. The summed E-state index contributed by atoms with van der Waals surface area (Å²) in [5, 5.41) is 0. The summed E-state index contributed by atoms with van der Waals surface area (Å²) in [6.07, 6.45) is 1.06. The Bertz CT molecular complexity index is 623. The molecule has 0 aliphatic carbocycles. The summed E-state index contributed by atoms with van der Waals surface area (Å²) in [5.74, 6) is 0.485. The first-order valence-corrected chi connectivity index (χ1v) is 7.53. The first-order valence-electron chi connectivity index (χ1n) is 6.74. The summed E-state index contributed by atoms with van der Waals surface area (Å²) in [5.41, 5.74) is 1.26. The number of ketones is 1. The summed E-state index contributed by atoms with van der Waals surface area (Å²) in [4.78, 5) is 11.9. The number of hydrogen-bond donors (Lipinski definition) is 0. The van der Waals surface area contributed by atoms with Gasteiger partial charge in [0.05, 0.1) is 6.61 Å². The van der Waals surface area contributed by atoms with Crippen molar-refractivity contribution in [3.63, 3.8) is 0 Å². The van der Waals surface area contributed by atoms with Crippen LogP contribution in [0.15, 0.2) is 46.9 Å². The van der Waals surface area contributed by atoms with Gasteiger partial charge in [-0.05, 0) is 49.2 Å². The van der Waals surface area contributed by atoms with Crippen LogP contribution in [0.2, 0.25) is 0 Å². The topological polar surface area (TPSA) is 26.3 Å². The van der Waals surface area contributed by atoms with Gasteiger partial charge in [0.15, 0.2) is 5.78 Å². The molecule has 0 aliphatic rings. The molecule has 0 bridgehead atoms. The van der Waals surface area contributed by atoms with Crippen LogP contribution in [-0.4, -0.2) is 12.4 Å². The van der Waals surface area contributed by atoms with E-state index in [1.54, 1.807) is 31.2 Å². The van der Waals surface area contributed by atoms with Crippen molar-refractivity contribution in [1.82, 2.24) is 0 Å². The van der Waals surface area contributed by atoms with E-state index in [4.69, 9.17) is 4.74 Å². The molecule has 0 unspecified atom stereocenters. The molecular weight excluding hydrogens is 335 g/mol. The molecule has 0 aliphatic heterocycles. The van der Waals surface area contributed by atoms with Crippen molar-refractivity contribution < 1.29 is 13.9 Å². The van der Waals surface area contributed by atoms with E-state index in [1.807, 2.05) is 12.1 Å². The Morgan fingerprint density at radius 1 is 1.19 bits per heavy atom. The number of aryl methyl sites for hydroxylation is 1. The number of ether oxygens (including phenoxy) is 1. The molecule has 0 saturated carbocycles. The van der Waals surface area contributed by atoms with Gasteiger partial charge in [-0.2, -0.15) is 0 Å². The minimum Gasteiger partial charge on any atom is -0.494 e. The van der Waals surface area contributed by atoms with E-state index in [0.717, 1.165) is 4.47 Å². The van der Waals surface area contributed by atoms with Crippen LogP contribution in [0.3, 0.4) is 0 Å². The van der Waals surface area contributed by atoms with E-state index >= 15 is 0 Å². The van der Waals surface area contributed by atoms with Crippen LogP contribution in [0, 0.1) is 12.7 Å². The van der Waals surface area contributed by atoms with Crippen LogP contribution in [0.25, 0.3) is 0 Å². The summed E-state index contributed by atoms with van der Waals surface area (Å²) in [7, 11) is 0. The number of Topliss-reactive ketones (excluding diaryl/α,β-unsaturated/α-hetero) is 1. The van der Waals surface area contributed by atoms with Gasteiger partial charge in [0.25, 0.3) is 0 Å². The fraction of sp³-hybridized carbons (Fsp3) is 0.235. The molecule has 2 aromatic rings. The quantitative estimate of drug-likeness (QED) is 0.544. The number of carbonyl (C=O) groups is 1. The number of benzene rings is 2. The van der Waals surface area contributed by atoms with E-state index in [-0.39, 0.29) is 11.6 Å². The molecule has 2 nitrogen and oxygen atoms in total. The fourth-order valence-electron chi connectivity index (χ4n) is 1.91. The highest BCUT2D eigenvalue weighted by atomic mass is 79.9. The Morgan fingerprint density at radius 3 is 2.57 bits per heavy atom. The third-order valence-electron chi connectivity index (χ3n) is 3.11. The zero-order valence-corrected chi connectivity index (χ0v) is 13.3. The Hall–Kier alpha value is -1.68. The van der Waals surface area contributed by atoms with E-state index in [1.165, 1.54) is 6.07 Å². The Kier molecular flexibility index (Phi) is 5.51. The fourth-order valence-corrected chi connectivity index (χ4v) is 2.17. The molecule has 0 aromatic heterocycles. The molecule has 4 heteroatoms. The molecule has 2 aromatic carbocycles. The highest BCUT2D eigenvalue weighted by molar-refractivity contribution is 9.10. The second-order valence-corrected chi connectivity index (χ2v) is 5.71. The highest BCUT2D eigenvalue weighted by Crippen LogP contribution is 2.17. The molecule has 0 atom stereocenters. The van der Waals surface area contributed by atoms with Crippen molar-refractivity contribution in [2.24, 2.45) is 0 Å². The van der Waals surface area contributed by atoms with E-state index in [2.05, 4.69) is 15.9 Å². The Morgan fingerprint density at radius 2 is 1.90 bits per heavy atom. The Balaban J connectivity index is 1.77. The zero-order chi connectivity index (χ0) is 15.2. The van der Waals surface area contributed by atoms with Crippen LogP contribution in [0.1, 0.15) is 28.8 Å². The van der Waals surface area contributed by atoms with Gasteiger partial charge >= 0.3 is 0 Å². The standard InChI is InChI=1S/C17H16BrFO2/c1-12-11-15(8-9-16(12)19)21-10-2-3-17(20)13-4-6-14(18)7-5-13/h4-9,11H,2-3,10H2,1H3. The summed E-state index contributed by atoms with van der Waals surface area (Å²) >= 11 is 3.34.